The second-order valence-corrected chi connectivity index (χ2v) is 9.58. The van der Waals surface area contributed by atoms with Crippen molar-refractivity contribution in [3.8, 4) is 16.4 Å². The van der Waals surface area contributed by atoms with Crippen LogP contribution in [0.25, 0.3) is 16.4 Å². The van der Waals surface area contributed by atoms with Crippen LogP contribution in [0.4, 0.5) is 13.2 Å². The molecule has 0 spiro atoms. The molecule has 2 aromatic heterocycles. The van der Waals surface area contributed by atoms with Gasteiger partial charge in [0.05, 0.1) is 16.3 Å². The number of rotatable bonds is 6. The Kier molecular flexibility index (Phi) is 6.10. The fourth-order valence-corrected chi connectivity index (χ4v) is 4.45. The van der Waals surface area contributed by atoms with E-state index >= 15 is 0 Å². The molecule has 4 rings (SSSR count). The van der Waals surface area contributed by atoms with E-state index in [1.807, 2.05) is 30.3 Å². The van der Waals surface area contributed by atoms with E-state index < -0.39 is 28.0 Å². The summed E-state index contributed by atoms with van der Waals surface area (Å²) in [5.41, 5.74) is 2.42. The van der Waals surface area contributed by atoms with Gasteiger partial charge in [-0.3, -0.25) is 0 Å². The van der Waals surface area contributed by atoms with Gasteiger partial charge in [0, 0.05) is 29.1 Å². The molecule has 2 aromatic carbocycles. The van der Waals surface area contributed by atoms with E-state index in [2.05, 4.69) is 10.1 Å². The highest BCUT2D eigenvalue weighted by Gasteiger charge is 2.41. The third kappa shape index (κ3) is 5.14. The maximum Gasteiger partial charge on any atom is 0.420 e. The van der Waals surface area contributed by atoms with E-state index in [9.17, 15) is 26.7 Å². The number of alkyl halides is 3. The van der Waals surface area contributed by atoms with Crippen molar-refractivity contribution in [2.75, 3.05) is 0 Å². The van der Waals surface area contributed by atoms with Gasteiger partial charge in [-0.25, -0.2) is 23.2 Å². The molecule has 2 heterocycles. The van der Waals surface area contributed by atoms with Gasteiger partial charge in [-0.1, -0.05) is 42.5 Å². The Balaban J connectivity index is 1.71. The number of nitrogens with zero attached hydrogens (tertiary/aromatic N) is 3. The predicted molar refractivity (Wildman–Crippen MR) is 116 cm³/mol. The highest BCUT2D eigenvalue weighted by atomic mass is 32.2. The fourth-order valence-electron chi connectivity index (χ4n) is 3.17. The first-order valence-corrected chi connectivity index (χ1v) is 11.9. The summed E-state index contributed by atoms with van der Waals surface area (Å²) in [5, 5.41) is 20.4. The van der Waals surface area contributed by atoms with Crippen molar-refractivity contribution >= 4 is 21.4 Å². The summed E-state index contributed by atoms with van der Waals surface area (Å²) in [5.74, 6) is 0. The molecule has 0 saturated carbocycles. The van der Waals surface area contributed by atoms with Crippen molar-refractivity contribution in [2.24, 2.45) is 5.14 Å². The third-order valence-electron chi connectivity index (χ3n) is 4.78. The number of sulfonamides is 1. The minimum absolute atomic E-state index is 0.0104. The number of halogens is 3. The summed E-state index contributed by atoms with van der Waals surface area (Å²) in [4.78, 5) is 3.90. The number of aliphatic hydroxyl groups is 1. The van der Waals surface area contributed by atoms with E-state index in [0.717, 1.165) is 33.4 Å². The number of thiazole rings is 1. The SMILES string of the molecule is NS(=O)(=O)c1ccc(Cc2cn(-c3nc(C(O)C(F)(F)F)cs3)nc2-c2ccccc2)cc1. The number of hydrogen-bond acceptors (Lipinski definition) is 6. The molecule has 0 saturated heterocycles. The van der Waals surface area contributed by atoms with Crippen molar-refractivity contribution in [3.63, 3.8) is 0 Å². The summed E-state index contributed by atoms with van der Waals surface area (Å²) in [6, 6.07) is 15.3. The summed E-state index contributed by atoms with van der Waals surface area (Å²) < 4.78 is 62.8. The molecule has 1 unspecified atom stereocenters. The molecular formula is C21H17F3N4O3S2. The molecule has 0 aliphatic rings. The molecule has 0 aliphatic heterocycles. The zero-order chi connectivity index (χ0) is 23.8. The molecule has 0 amide bonds. The highest BCUT2D eigenvalue weighted by molar-refractivity contribution is 7.89. The average Bonchev–Trinajstić information content (AvgIpc) is 3.40. The van der Waals surface area contributed by atoms with Gasteiger partial charge in [0.2, 0.25) is 15.2 Å². The zero-order valence-electron chi connectivity index (χ0n) is 16.8. The lowest BCUT2D eigenvalue weighted by molar-refractivity contribution is -0.207. The van der Waals surface area contributed by atoms with Gasteiger partial charge in [0.15, 0.2) is 6.10 Å². The standard InChI is InChI=1S/C21H17F3N4O3S2/c22-21(23,24)19(29)17-12-32-20(26-17)28-11-15(18(27-28)14-4-2-1-3-5-14)10-13-6-8-16(9-7-13)33(25,30)31/h1-9,11-12,19,29H,10H2,(H2,25,30,31). The zero-order valence-corrected chi connectivity index (χ0v) is 18.4. The Morgan fingerprint density at radius 2 is 1.76 bits per heavy atom. The third-order valence-corrected chi connectivity index (χ3v) is 6.56. The molecule has 4 aromatic rings. The van der Waals surface area contributed by atoms with Gasteiger partial charge in [-0.15, -0.1) is 11.3 Å². The van der Waals surface area contributed by atoms with Gasteiger partial charge in [0.1, 0.15) is 0 Å². The lowest BCUT2D eigenvalue weighted by Crippen LogP contribution is -2.20. The van der Waals surface area contributed by atoms with Crippen LogP contribution in [0.5, 0.6) is 0 Å². The Labute approximate surface area is 191 Å². The Morgan fingerprint density at radius 3 is 2.36 bits per heavy atom. The summed E-state index contributed by atoms with van der Waals surface area (Å²) in [7, 11) is -3.81. The van der Waals surface area contributed by atoms with Crippen molar-refractivity contribution in [1.82, 2.24) is 14.8 Å². The molecule has 1 atom stereocenters. The second-order valence-electron chi connectivity index (χ2n) is 7.18. The van der Waals surface area contributed by atoms with Crippen LogP contribution in [0, 0.1) is 0 Å². The van der Waals surface area contributed by atoms with Crippen LogP contribution in [0.3, 0.4) is 0 Å². The maximum atomic E-state index is 12.8. The molecule has 0 aliphatic carbocycles. The first-order valence-electron chi connectivity index (χ1n) is 9.48. The van der Waals surface area contributed by atoms with Crippen LogP contribution in [0.2, 0.25) is 0 Å². The number of nitrogens with two attached hydrogens (primary N) is 1. The highest BCUT2D eigenvalue weighted by Crippen LogP contribution is 2.34. The summed E-state index contributed by atoms with van der Waals surface area (Å²) in [6.07, 6.45) is -5.47. The number of aliphatic hydroxyl groups excluding tert-OH is 1. The van der Waals surface area contributed by atoms with Crippen LogP contribution in [0.15, 0.2) is 71.1 Å². The number of primary sulfonamides is 1. The van der Waals surface area contributed by atoms with E-state index in [4.69, 9.17) is 5.14 Å². The first-order chi connectivity index (χ1) is 15.5. The maximum absolute atomic E-state index is 12.8. The smallest absolute Gasteiger partial charge is 0.378 e. The minimum atomic E-state index is -4.82. The minimum Gasteiger partial charge on any atom is -0.378 e. The van der Waals surface area contributed by atoms with Crippen LogP contribution < -0.4 is 5.14 Å². The Bertz CT molecular complexity index is 1370. The topological polar surface area (TPSA) is 111 Å². The largest absolute Gasteiger partial charge is 0.420 e. The lowest BCUT2D eigenvalue weighted by Gasteiger charge is -2.11. The number of hydrogen-bond donors (Lipinski definition) is 2. The van der Waals surface area contributed by atoms with E-state index in [0.29, 0.717) is 12.1 Å². The van der Waals surface area contributed by atoms with Gasteiger partial charge in [-0.2, -0.15) is 18.3 Å². The van der Waals surface area contributed by atoms with Crippen LogP contribution in [-0.2, 0) is 16.4 Å². The Hall–Kier alpha value is -3.06. The van der Waals surface area contributed by atoms with E-state index in [1.54, 1.807) is 18.3 Å². The molecular weight excluding hydrogens is 477 g/mol. The van der Waals surface area contributed by atoms with E-state index in [-0.39, 0.29) is 10.0 Å². The molecule has 33 heavy (non-hydrogen) atoms. The molecule has 3 N–H and O–H groups in total. The molecule has 0 bridgehead atoms. The van der Waals surface area contributed by atoms with Gasteiger partial charge in [0.25, 0.3) is 0 Å². The summed E-state index contributed by atoms with van der Waals surface area (Å²) >= 11 is 0.924. The average molecular weight is 495 g/mol. The molecule has 172 valence electrons. The fraction of sp³-hybridized carbons (Fsp3) is 0.143. The predicted octanol–water partition coefficient (Wildman–Crippen LogP) is 3.83. The molecule has 0 radical (unpaired) electrons. The van der Waals surface area contributed by atoms with Crippen molar-refractivity contribution in [3.05, 3.63) is 83.0 Å². The van der Waals surface area contributed by atoms with Crippen molar-refractivity contribution in [2.45, 2.75) is 23.6 Å². The van der Waals surface area contributed by atoms with Crippen molar-refractivity contribution in [1.29, 1.82) is 0 Å². The first kappa shape index (κ1) is 23.1. The van der Waals surface area contributed by atoms with Crippen molar-refractivity contribution < 1.29 is 26.7 Å². The number of aromatic nitrogens is 3. The van der Waals surface area contributed by atoms with Crippen LogP contribution in [0.1, 0.15) is 22.9 Å². The molecule has 0 fully saturated rings. The van der Waals surface area contributed by atoms with Gasteiger partial charge < -0.3 is 5.11 Å². The Morgan fingerprint density at radius 1 is 1.09 bits per heavy atom. The lowest BCUT2D eigenvalue weighted by atomic mass is 10.0. The van der Waals surface area contributed by atoms with Gasteiger partial charge in [-0.05, 0) is 17.7 Å². The van der Waals surface area contributed by atoms with Gasteiger partial charge >= 0.3 is 6.18 Å². The second kappa shape index (κ2) is 8.71. The monoisotopic (exact) mass is 494 g/mol. The molecule has 7 nitrogen and oxygen atoms in total. The number of benzene rings is 2. The molecule has 12 heteroatoms. The quantitative estimate of drug-likeness (QED) is 0.423. The van der Waals surface area contributed by atoms with E-state index in [1.165, 1.54) is 16.8 Å². The van der Waals surface area contributed by atoms with Crippen LogP contribution in [-0.4, -0.2) is 34.5 Å². The normalized spacial score (nSPS) is 13.2. The summed E-state index contributed by atoms with van der Waals surface area (Å²) in [6.45, 7) is 0. The van der Waals surface area contributed by atoms with Crippen LogP contribution >= 0.6 is 11.3 Å².